The summed E-state index contributed by atoms with van der Waals surface area (Å²) in [7, 11) is 1.64. The summed E-state index contributed by atoms with van der Waals surface area (Å²) in [5, 5.41) is 4.17. The van der Waals surface area contributed by atoms with Crippen molar-refractivity contribution in [2.24, 2.45) is 5.92 Å². The van der Waals surface area contributed by atoms with Crippen LogP contribution in [0, 0.1) is 5.92 Å². The van der Waals surface area contributed by atoms with E-state index in [1.54, 1.807) is 7.11 Å². The van der Waals surface area contributed by atoms with Crippen LogP contribution >= 0.6 is 0 Å². The highest BCUT2D eigenvalue weighted by Gasteiger charge is 2.30. The summed E-state index contributed by atoms with van der Waals surface area (Å²) in [6, 6.07) is 5.47. The molecule has 1 unspecified atom stereocenters. The van der Waals surface area contributed by atoms with E-state index in [1.807, 2.05) is 36.2 Å². The predicted molar refractivity (Wildman–Crippen MR) is 128 cm³/mol. The molecule has 2 amide bonds. The summed E-state index contributed by atoms with van der Waals surface area (Å²) in [5.74, 6) is 1.19. The highest BCUT2D eigenvalue weighted by atomic mass is 16.5. The third kappa shape index (κ3) is 5.88. The minimum absolute atomic E-state index is 0.00641. The number of nitrogens with zero attached hydrogens (tertiary/aromatic N) is 1. The molecule has 2 N–H and O–H groups in total. The maximum absolute atomic E-state index is 13.6. The fourth-order valence-electron chi connectivity index (χ4n) is 5.13. The zero-order valence-electron chi connectivity index (χ0n) is 19.9. The molecule has 1 aromatic carbocycles. The van der Waals surface area contributed by atoms with Gasteiger partial charge in [0.25, 0.3) is 0 Å². The van der Waals surface area contributed by atoms with Crippen LogP contribution in [-0.4, -0.2) is 60.7 Å². The van der Waals surface area contributed by atoms with Gasteiger partial charge >= 0.3 is 0 Å². The number of aromatic nitrogens is 1. The fourth-order valence-corrected chi connectivity index (χ4v) is 5.13. The van der Waals surface area contributed by atoms with Crippen molar-refractivity contribution in [3.05, 3.63) is 30.0 Å². The lowest BCUT2D eigenvalue weighted by atomic mass is 9.88. The number of carbonyl (C=O) groups excluding carboxylic acids is 2. The van der Waals surface area contributed by atoms with Crippen molar-refractivity contribution < 1.29 is 19.1 Å². The number of benzene rings is 1. The molecule has 7 nitrogen and oxygen atoms in total. The van der Waals surface area contributed by atoms with Crippen molar-refractivity contribution in [2.75, 3.05) is 26.9 Å². The van der Waals surface area contributed by atoms with Crippen LogP contribution in [-0.2, 0) is 20.7 Å². The van der Waals surface area contributed by atoms with Gasteiger partial charge in [0, 0.05) is 49.0 Å². The van der Waals surface area contributed by atoms with Gasteiger partial charge in [0.1, 0.15) is 11.8 Å². The van der Waals surface area contributed by atoms with Crippen LogP contribution in [0.15, 0.2) is 24.4 Å². The second kappa shape index (κ2) is 11.1. The molecule has 0 bridgehead atoms. The normalized spacial score (nSPS) is 18.7. The molecule has 1 saturated heterocycles. The molecular formula is C26H37N3O4. The molecule has 4 rings (SSSR count). The molecule has 7 heteroatoms. The number of nitrogens with one attached hydrogen (secondary N) is 2. The molecule has 33 heavy (non-hydrogen) atoms. The molecule has 2 fully saturated rings. The summed E-state index contributed by atoms with van der Waals surface area (Å²) in [6.07, 6.45) is 9.77. The SMILES string of the molecule is COc1ccc2c(CC(=O)N(CC3CCCCC3)C(C)C(=O)NC3CCOCC3)c[nH]c2c1. The molecule has 1 aliphatic heterocycles. The third-order valence-corrected chi connectivity index (χ3v) is 7.23. The average molecular weight is 456 g/mol. The fraction of sp³-hybridized carbons (Fsp3) is 0.615. The number of amides is 2. The first-order valence-electron chi connectivity index (χ1n) is 12.4. The second-order valence-electron chi connectivity index (χ2n) is 9.52. The molecule has 0 spiro atoms. The largest absolute Gasteiger partial charge is 0.497 e. The molecule has 1 saturated carbocycles. The zero-order chi connectivity index (χ0) is 23.2. The van der Waals surface area contributed by atoms with Crippen molar-refractivity contribution >= 4 is 22.7 Å². The van der Waals surface area contributed by atoms with E-state index in [0.29, 0.717) is 25.7 Å². The lowest BCUT2D eigenvalue weighted by Gasteiger charge is -2.34. The topological polar surface area (TPSA) is 83.7 Å². The van der Waals surface area contributed by atoms with Gasteiger partial charge in [0.15, 0.2) is 0 Å². The van der Waals surface area contributed by atoms with E-state index in [-0.39, 0.29) is 24.3 Å². The van der Waals surface area contributed by atoms with E-state index in [0.717, 1.165) is 47.9 Å². The van der Waals surface area contributed by atoms with Crippen LogP contribution < -0.4 is 10.1 Å². The molecule has 2 aromatic rings. The lowest BCUT2D eigenvalue weighted by molar-refractivity contribution is -0.140. The number of rotatable bonds is 8. The minimum atomic E-state index is -0.493. The standard InChI is InChI=1S/C26H37N3O4/c1-18(26(31)28-21-10-12-33-13-11-21)29(17-19-6-4-3-5-7-19)25(30)14-20-16-27-24-15-22(32-2)8-9-23(20)24/h8-9,15-16,18-19,21,27H,3-7,10-14,17H2,1-2H3,(H,28,31). The van der Waals surface area contributed by atoms with Crippen molar-refractivity contribution in [1.29, 1.82) is 0 Å². The van der Waals surface area contributed by atoms with E-state index in [9.17, 15) is 9.59 Å². The molecule has 2 aliphatic rings. The Morgan fingerprint density at radius 1 is 1.18 bits per heavy atom. The maximum Gasteiger partial charge on any atom is 0.242 e. The van der Waals surface area contributed by atoms with Gasteiger partial charge in [-0.25, -0.2) is 0 Å². The predicted octanol–water partition coefficient (Wildman–Crippen LogP) is 3.81. The van der Waals surface area contributed by atoms with Gasteiger partial charge in [-0.15, -0.1) is 0 Å². The number of methoxy groups -OCH3 is 1. The summed E-state index contributed by atoms with van der Waals surface area (Å²) >= 11 is 0. The Balaban J connectivity index is 1.49. The van der Waals surface area contributed by atoms with Crippen LogP contribution in [0.25, 0.3) is 10.9 Å². The van der Waals surface area contributed by atoms with Crippen LogP contribution in [0.4, 0.5) is 0 Å². The van der Waals surface area contributed by atoms with Crippen LogP contribution in [0.3, 0.4) is 0 Å². The lowest BCUT2D eigenvalue weighted by Crippen LogP contribution is -2.52. The van der Waals surface area contributed by atoms with Gasteiger partial charge in [-0.3, -0.25) is 9.59 Å². The van der Waals surface area contributed by atoms with Gasteiger partial charge in [0.2, 0.25) is 11.8 Å². The van der Waals surface area contributed by atoms with E-state index in [2.05, 4.69) is 10.3 Å². The van der Waals surface area contributed by atoms with E-state index in [1.165, 1.54) is 19.3 Å². The Kier molecular flexibility index (Phi) is 7.91. The first-order valence-corrected chi connectivity index (χ1v) is 12.4. The Labute approximate surface area is 196 Å². The Morgan fingerprint density at radius 2 is 1.94 bits per heavy atom. The van der Waals surface area contributed by atoms with Gasteiger partial charge in [0.05, 0.1) is 13.5 Å². The van der Waals surface area contributed by atoms with Crippen molar-refractivity contribution in [3.8, 4) is 5.75 Å². The van der Waals surface area contributed by atoms with Gasteiger partial charge in [-0.05, 0) is 56.2 Å². The number of aromatic amines is 1. The van der Waals surface area contributed by atoms with Gasteiger partial charge < -0.3 is 24.7 Å². The number of carbonyl (C=O) groups is 2. The molecular weight excluding hydrogens is 418 g/mol. The Morgan fingerprint density at radius 3 is 2.67 bits per heavy atom. The highest BCUT2D eigenvalue weighted by molar-refractivity contribution is 5.92. The van der Waals surface area contributed by atoms with E-state index in [4.69, 9.17) is 9.47 Å². The highest BCUT2D eigenvalue weighted by Crippen LogP contribution is 2.27. The van der Waals surface area contributed by atoms with Crippen molar-refractivity contribution in [1.82, 2.24) is 15.2 Å². The monoisotopic (exact) mass is 455 g/mol. The first-order chi connectivity index (χ1) is 16.0. The molecule has 180 valence electrons. The minimum Gasteiger partial charge on any atom is -0.497 e. The van der Waals surface area contributed by atoms with Crippen molar-refractivity contribution in [3.63, 3.8) is 0 Å². The number of ether oxygens (including phenoxy) is 2. The molecule has 1 aromatic heterocycles. The maximum atomic E-state index is 13.6. The number of hydrogen-bond acceptors (Lipinski definition) is 4. The summed E-state index contributed by atoms with van der Waals surface area (Å²) < 4.78 is 10.7. The summed E-state index contributed by atoms with van der Waals surface area (Å²) in [6.45, 7) is 3.87. The average Bonchev–Trinajstić information content (AvgIpc) is 3.25. The van der Waals surface area contributed by atoms with E-state index < -0.39 is 6.04 Å². The third-order valence-electron chi connectivity index (χ3n) is 7.23. The quantitative estimate of drug-likeness (QED) is 0.634. The van der Waals surface area contributed by atoms with Crippen LogP contribution in [0.2, 0.25) is 0 Å². The summed E-state index contributed by atoms with van der Waals surface area (Å²) in [5.41, 5.74) is 1.89. The molecule has 2 heterocycles. The molecule has 1 atom stereocenters. The van der Waals surface area contributed by atoms with Gasteiger partial charge in [-0.2, -0.15) is 0 Å². The Bertz CT molecular complexity index is 944. The number of fused-ring (bicyclic) bond motifs is 1. The zero-order valence-corrected chi connectivity index (χ0v) is 19.9. The number of H-pyrrole nitrogens is 1. The van der Waals surface area contributed by atoms with E-state index >= 15 is 0 Å². The Hall–Kier alpha value is -2.54. The second-order valence-corrected chi connectivity index (χ2v) is 9.52. The van der Waals surface area contributed by atoms with Crippen LogP contribution in [0.5, 0.6) is 5.75 Å². The molecule has 1 aliphatic carbocycles. The van der Waals surface area contributed by atoms with Gasteiger partial charge in [-0.1, -0.05) is 19.3 Å². The van der Waals surface area contributed by atoms with Crippen LogP contribution in [0.1, 0.15) is 57.4 Å². The first kappa shape index (κ1) is 23.6. The smallest absolute Gasteiger partial charge is 0.242 e. The molecule has 0 radical (unpaired) electrons. The summed E-state index contributed by atoms with van der Waals surface area (Å²) in [4.78, 5) is 31.8. The number of hydrogen-bond donors (Lipinski definition) is 2. The van der Waals surface area contributed by atoms with Crippen molar-refractivity contribution in [2.45, 2.75) is 70.4 Å².